The van der Waals surface area contributed by atoms with E-state index in [-0.39, 0.29) is 11.7 Å². The van der Waals surface area contributed by atoms with Crippen molar-refractivity contribution in [3.63, 3.8) is 0 Å². The van der Waals surface area contributed by atoms with E-state index in [1.165, 1.54) is 17.8 Å². The Bertz CT molecular complexity index is 664. The van der Waals surface area contributed by atoms with Crippen molar-refractivity contribution in [1.29, 1.82) is 0 Å². The summed E-state index contributed by atoms with van der Waals surface area (Å²) >= 11 is 12.9. The normalized spacial score (nSPS) is 10.6. The highest BCUT2D eigenvalue weighted by atomic mass is 35.5. The molecule has 1 N–H and O–H groups in total. The molecule has 0 heterocycles. The van der Waals surface area contributed by atoms with Gasteiger partial charge < -0.3 is 5.32 Å². The molecule has 0 saturated carbocycles. The quantitative estimate of drug-likeness (QED) is 0.762. The second-order valence-corrected chi connectivity index (χ2v) is 6.81. The van der Waals surface area contributed by atoms with Crippen LogP contribution in [0.5, 0.6) is 0 Å². The van der Waals surface area contributed by atoms with Crippen molar-refractivity contribution in [3.8, 4) is 0 Å². The average molecular weight is 372 g/mol. The van der Waals surface area contributed by atoms with Crippen LogP contribution in [0.4, 0.5) is 4.39 Å². The van der Waals surface area contributed by atoms with Crippen molar-refractivity contribution < 1.29 is 9.18 Å². The van der Waals surface area contributed by atoms with Gasteiger partial charge in [0.05, 0.1) is 5.75 Å². The Hall–Kier alpha value is -1.23. The van der Waals surface area contributed by atoms with Crippen LogP contribution in [0.3, 0.4) is 0 Å². The first-order chi connectivity index (χ1) is 11.0. The average Bonchev–Trinajstić information content (AvgIpc) is 2.51. The van der Waals surface area contributed by atoms with Crippen LogP contribution in [-0.2, 0) is 17.0 Å². The minimum Gasteiger partial charge on any atom is -0.355 e. The number of halogens is 3. The van der Waals surface area contributed by atoms with Crippen LogP contribution in [0.15, 0.2) is 42.5 Å². The minimum absolute atomic E-state index is 0.0571. The minimum atomic E-state index is -0.340. The van der Waals surface area contributed by atoms with E-state index in [1.54, 1.807) is 12.1 Å². The van der Waals surface area contributed by atoms with Gasteiger partial charge in [0.15, 0.2) is 0 Å². The maximum atomic E-state index is 13.6. The van der Waals surface area contributed by atoms with Crippen LogP contribution in [-0.4, -0.2) is 18.2 Å². The van der Waals surface area contributed by atoms with Gasteiger partial charge in [-0.3, -0.25) is 4.79 Å². The van der Waals surface area contributed by atoms with Gasteiger partial charge >= 0.3 is 0 Å². The Labute approximate surface area is 149 Å². The monoisotopic (exact) mass is 371 g/mol. The highest BCUT2D eigenvalue weighted by Crippen LogP contribution is 2.19. The van der Waals surface area contributed by atoms with Gasteiger partial charge in [0.25, 0.3) is 0 Å². The summed E-state index contributed by atoms with van der Waals surface area (Å²) < 4.78 is 13.6. The number of carbonyl (C=O) groups is 1. The SMILES string of the molecule is O=C(CSCc1ccc(Cl)cc1F)NCCc1ccc(Cl)cc1. The number of rotatable bonds is 7. The molecule has 23 heavy (non-hydrogen) atoms. The molecule has 0 bridgehead atoms. The molecule has 2 rings (SSSR count). The lowest BCUT2D eigenvalue weighted by Gasteiger charge is -2.06. The Kier molecular flexibility index (Phi) is 7.21. The van der Waals surface area contributed by atoms with Gasteiger partial charge in [-0.15, -0.1) is 11.8 Å². The van der Waals surface area contributed by atoms with Crippen LogP contribution in [0.25, 0.3) is 0 Å². The maximum Gasteiger partial charge on any atom is 0.230 e. The van der Waals surface area contributed by atoms with Crippen LogP contribution in [0.1, 0.15) is 11.1 Å². The molecule has 0 aromatic heterocycles. The zero-order chi connectivity index (χ0) is 16.7. The van der Waals surface area contributed by atoms with E-state index in [4.69, 9.17) is 23.2 Å². The zero-order valence-corrected chi connectivity index (χ0v) is 14.6. The highest BCUT2D eigenvalue weighted by Gasteiger charge is 2.06. The van der Waals surface area contributed by atoms with Gasteiger partial charge in [0, 0.05) is 22.3 Å². The number of thioether (sulfide) groups is 1. The van der Waals surface area contributed by atoms with Gasteiger partial charge in [-0.2, -0.15) is 0 Å². The summed E-state index contributed by atoms with van der Waals surface area (Å²) in [5, 5.41) is 3.92. The standard InChI is InChI=1S/C17H16Cl2FNOS/c18-14-4-1-12(2-5-14)7-8-21-17(22)11-23-10-13-3-6-15(19)9-16(13)20/h1-6,9H,7-8,10-11H2,(H,21,22). The maximum absolute atomic E-state index is 13.6. The molecule has 1 amide bonds. The smallest absolute Gasteiger partial charge is 0.230 e. The molecule has 0 radical (unpaired) electrons. The molecule has 2 nitrogen and oxygen atoms in total. The number of hydrogen-bond donors (Lipinski definition) is 1. The van der Waals surface area contributed by atoms with Crippen LogP contribution in [0, 0.1) is 5.82 Å². The molecule has 0 atom stereocenters. The van der Waals surface area contributed by atoms with Crippen molar-refractivity contribution in [2.75, 3.05) is 12.3 Å². The summed E-state index contributed by atoms with van der Waals surface area (Å²) in [7, 11) is 0. The molecule has 122 valence electrons. The van der Waals surface area contributed by atoms with Gasteiger partial charge in [-0.25, -0.2) is 4.39 Å². The van der Waals surface area contributed by atoms with E-state index >= 15 is 0 Å². The van der Waals surface area contributed by atoms with Gasteiger partial charge in [0.1, 0.15) is 5.82 Å². The zero-order valence-electron chi connectivity index (χ0n) is 12.3. The molecule has 0 fully saturated rings. The summed E-state index contributed by atoms with van der Waals surface area (Å²) in [5.41, 5.74) is 1.67. The molecule has 0 spiro atoms. The first-order valence-corrected chi connectivity index (χ1v) is 8.98. The fourth-order valence-electron chi connectivity index (χ4n) is 1.94. The molecule has 0 aliphatic rings. The molecular weight excluding hydrogens is 356 g/mol. The van der Waals surface area contributed by atoms with E-state index in [0.717, 1.165) is 12.0 Å². The Morgan fingerprint density at radius 1 is 1.09 bits per heavy atom. The summed E-state index contributed by atoms with van der Waals surface area (Å²) in [5.74, 6) is 0.336. The third-order valence-electron chi connectivity index (χ3n) is 3.15. The van der Waals surface area contributed by atoms with E-state index in [1.807, 2.05) is 24.3 Å². The third kappa shape index (κ3) is 6.42. The fraction of sp³-hybridized carbons (Fsp3) is 0.235. The highest BCUT2D eigenvalue weighted by molar-refractivity contribution is 7.99. The number of amides is 1. The molecular formula is C17H16Cl2FNOS. The second kappa shape index (κ2) is 9.16. The van der Waals surface area contributed by atoms with E-state index in [2.05, 4.69) is 5.32 Å². The lowest BCUT2D eigenvalue weighted by Crippen LogP contribution is -2.27. The molecule has 0 aliphatic heterocycles. The summed E-state index contributed by atoms with van der Waals surface area (Å²) in [6.45, 7) is 0.566. The second-order valence-electron chi connectivity index (χ2n) is 4.95. The predicted octanol–water partition coefficient (Wildman–Crippen LogP) is 4.72. The van der Waals surface area contributed by atoms with E-state index < -0.39 is 0 Å². The number of nitrogens with one attached hydrogen (secondary N) is 1. The number of hydrogen-bond acceptors (Lipinski definition) is 2. The fourth-order valence-corrected chi connectivity index (χ4v) is 3.07. The third-order valence-corrected chi connectivity index (χ3v) is 4.62. The largest absolute Gasteiger partial charge is 0.355 e. The van der Waals surface area contributed by atoms with Crippen molar-refractivity contribution in [1.82, 2.24) is 5.32 Å². The Balaban J connectivity index is 1.66. The van der Waals surface area contributed by atoms with E-state index in [9.17, 15) is 9.18 Å². The summed E-state index contributed by atoms with van der Waals surface area (Å²) in [6.07, 6.45) is 0.749. The molecule has 6 heteroatoms. The van der Waals surface area contributed by atoms with Crippen molar-refractivity contribution >= 4 is 40.9 Å². The van der Waals surface area contributed by atoms with Crippen LogP contribution in [0.2, 0.25) is 10.0 Å². The van der Waals surface area contributed by atoms with Crippen molar-refractivity contribution in [3.05, 3.63) is 69.5 Å². The van der Waals surface area contributed by atoms with Crippen molar-refractivity contribution in [2.24, 2.45) is 0 Å². The van der Waals surface area contributed by atoms with Crippen LogP contribution >= 0.6 is 35.0 Å². The predicted molar refractivity (Wildman–Crippen MR) is 95.7 cm³/mol. The topological polar surface area (TPSA) is 29.1 Å². The van der Waals surface area contributed by atoms with Gasteiger partial charge in [-0.05, 0) is 41.8 Å². The van der Waals surface area contributed by atoms with E-state index in [0.29, 0.717) is 33.7 Å². The first-order valence-electron chi connectivity index (χ1n) is 7.07. The lowest BCUT2D eigenvalue weighted by atomic mass is 10.1. The molecule has 0 unspecified atom stereocenters. The Morgan fingerprint density at radius 3 is 2.48 bits per heavy atom. The molecule has 2 aromatic carbocycles. The lowest BCUT2D eigenvalue weighted by molar-refractivity contribution is -0.118. The first kappa shape index (κ1) is 18.1. The summed E-state index contributed by atoms with van der Waals surface area (Å²) in [6, 6.07) is 12.1. The number of carbonyl (C=O) groups excluding carboxylic acids is 1. The van der Waals surface area contributed by atoms with Gasteiger partial charge in [-0.1, -0.05) is 41.4 Å². The van der Waals surface area contributed by atoms with Crippen molar-refractivity contribution in [2.45, 2.75) is 12.2 Å². The molecule has 2 aromatic rings. The number of benzene rings is 2. The molecule has 0 saturated heterocycles. The summed E-state index contributed by atoms with van der Waals surface area (Å²) in [4.78, 5) is 11.7. The van der Waals surface area contributed by atoms with Gasteiger partial charge in [0.2, 0.25) is 5.91 Å². The molecule has 0 aliphatic carbocycles. The Morgan fingerprint density at radius 2 is 1.78 bits per heavy atom. The van der Waals surface area contributed by atoms with Crippen LogP contribution < -0.4 is 5.32 Å².